The van der Waals surface area contributed by atoms with Crippen LogP contribution in [0.3, 0.4) is 0 Å². The van der Waals surface area contributed by atoms with E-state index in [0.717, 1.165) is 25.2 Å². The number of unbranched alkanes of at least 4 members (excludes halogenated alkanes) is 1. The van der Waals surface area contributed by atoms with Gasteiger partial charge in [0.25, 0.3) is 0 Å². The predicted molar refractivity (Wildman–Crippen MR) is 76.7 cm³/mol. The summed E-state index contributed by atoms with van der Waals surface area (Å²) in [5.74, 6) is 1.07. The smallest absolute Gasteiger partial charge is 0.131 e. The minimum atomic E-state index is -0.366. The van der Waals surface area contributed by atoms with E-state index in [1.165, 1.54) is 12.1 Å². The lowest BCUT2D eigenvalue weighted by Gasteiger charge is -2.07. The maximum Gasteiger partial charge on any atom is 0.131 e. The standard InChI is InChI=1S/C14H17ClFN3/c1-3-4-7-19-9(2)18-13(14(19)17)11-6-5-10(16)8-12(11)15/h5-6,8H,3-4,7,17H2,1-2H3. The number of rotatable bonds is 4. The summed E-state index contributed by atoms with van der Waals surface area (Å²) >= 11 is 6.06. The van der Waals surface area contributed by atoms with Crippen molar-refractivity contribution in [3.05, 3.63) is 34.9 Å². The molecule has 1 heterocycles. The van der Waals surface area contributed by atoms with Crippen molar-refractivity contribution in [1.82, 2.24) is 9.55 Å². The third kappa shape index (κ3) is 2.73. The normalized spacial score (nSPS) is 10.9. The fraction of sp³-hybridized carbons (Fsp3) is 0.357. The van der Waals surface area contributed by atoms with Crippen molar-refractivity contribution < 1.29 is 4.39 Å². The molecule has 0 spiro atoms. The topological polar surface area (TPSA) is 43.8 Å². The van der Waals surface area contributed by atoms with Gasteiger partial charge in [0, 0.05) is 12.1 Å². The van der Waals surface area contributed by atoms with Crippen LogP contribution in [0.15, 0.2) is 18.2 Å². The number of nitrogens with two attached hydrogens (primary N) is 1. The van der Waals surface area contributed by atoms with Gasteiger partial charge in [-0.15, -0.1) is 0 Å². The molecule has 1 aromatic heterocycles. The number of anilines is 1. The summed E-state index contributed by atoms with van der Waals surface area (Å²) in [5, 5.41) is 0.326. The Bertz CT molecular complexity index is 593. The Morgan fingerprint density at radius 1 is 1.42 bits per heavy atom. The molecule has 0 aliphatic heterocycles. The van der Waals surface area contributed by atoms with Gasteiger partial charge in [0.15, 0.2) is 0 Å². The second-order valence-electron chi connectivity index (χ2n) is 4.52. The molecule has 102 valence electrons. The molecule has 0 saturated carbocycles. The molecule has 2 aromatic rings. The first-order valence-electron chi connectivity index (χ1n) is 6.32. The van der Waals surface area contributed by atoms with Gasteiger partial charge in [-0.3, -0.25) is 0 Å². The monoisotopic (exact) mass is 281 g/mol. The zero-order chi connectivity index (χ0) is 14.0. The van der Waals surface area contributed by atoms with Crippen molar-refractivity contribution in [2.75, 3.05) is 5.73 Å². The largest absolute Gasteiger partial charge is 0.383 e. The highest BCUT2D eigenvalue weighted by Gasteiger charge is 2.16. The molecule has 0 amide bonds. The third-order valence-electron chi connectivity index (χ3n) is 3.12. The number of benzene rings is 1. The van der Waals surface area contributed by atoms with Gasteiger partial charge in [-0.1, -0.05) is 24.9 Å². The molecule has 5 heteroatoms. The quantitative estimate of drug-likeness (QED) is 0.919. The van der Waals surface area contributed by atoms with E-state index in [2.05, 4.69) is 11.9 Å². The second kappa shape index (κ2) is 5.61. The highest BCUT2D eigenvalue weighted by molar-refractivity contribution is 6.33. The molecule has 1 aromatic carbocycles. The Labute approximate surface area is 117 Å². The molecule has 0 radical (unpaired) electrons. The van der Waals surface area contributed by atoms with Gasteiger partial charge in [0.1, 0.15) is 23.2 Å². The number of halogens is 2. The lowest BCUT2D eigenvalue weighted by atomic mass is 10.1. The molecular formula is C14H17ClFN3. The Kier molecular flexibility index (Phi) is 4.10. The van der Waals surface area contributed by atoms with E-state index in [9.17, 15) is 4.39 Å². The van der Waals surface area contributed by atoms with Crippen LogP contribution in [0.5, 0.6) is 0 Å². The summed E-state index contributed by atoms with van der Waals surface area (Å²) in [6.07, 6.45) is 2.13. The molecule has 0 unspecified atom stereocenters. The Balaban J connectivity index is 2.45. The number of imidazole rings is 1. The van der Waals surface area contributed by atoms with Crippen LogP contribution in [0.25, 0.3) is 11.3 Å². The summed E-state index contributed by atoms with van der Waals surface area (Å²) in [4.78, 5) is 4.45. The molecule has 2 N–H and O–H groups in total. The minimum absolute atomic E-state index is 0.326. The fourth-order valence-corrected chi connectivity index (χ4v) is 2.32. The van der Waals surface area contributed by atoms with Crippen LogP contribution in [0, 0.1) is 12.7 Å². The number of hydrogen-bond donors (Lipinski definition) is 1. The van der Waals surface area contributed by atoms with Gasteiger partial charge < -0.3 is 10.3 Å². The average molecular weight is 282 g/mol. The van der Waals surface area contributed by atoms with Crippen molar-refractivity contribution in [2.45, 2.75) is 33.2 Å². The molecule has 19 heavy (non-hydrogen) atoms. The fourth-order valence-electron chi connectivity index (χ4n) is 2.06. The van der Waals surface area contributed by atoms with Gasteiger partial charge in [-0.2, -0.15) is 0 Å². The molecule has 0 atom stereocenters. The maximum atomic E-state index is 13.1. The molecule has 0 saturated heterocycles. The van der Waals surface area contributed by atoms with E-state index in [1.54, 1.807) is 6.07 Å². The zero-order valence-electron chi connectivity index (χ0n) is 11.1. The summed E-state index contributed by atoms with van der Waals surface area (Å²) < 4.78 is 15.0. The maximum absolute atomic E-state index is 13.1. The van der Waals surface area contributed by atoms with Gasteiger partial charge in [0.2, 0.25) is 0 Å². The van der Waals surface area contributed by atoms with Crippen molar-refractivity contribution in [3.63, 3.8) is 0 Å². The highest BCUT2D eigenvalue weighted by atomic mass is 35.5. The lowest BCUT2D eigenvalue weighted by Crippen LogP contribution is -2.05. The Hall–Kier alpha value is -1.55. The van der Waals surface area contributed by atoms with E-state index >= 15 is 0 Å². The number of nitrogen functional groups attached to an aromatic ring is 1. The van der Waals surface area contributed by atoms with Crippen molar-refractivity contribution in [3.8, 4) is 11.3 Å². The summed E-state index contributed by atoms with van der Waals surface area (Å²) in [5.41, 5.74) is 7.42. The van der Waals surface area contributed by atoms with Gasteiger partial charge in [-0.05, 0) is 31.5 Å². The third-order valence-corrected chi connectivity index (χ3v) is 3.43. The van der Waals surface area contributed by atoms with Crippen molar-refractivity contribution >= 4 is 17.4 Å². The second-order valence-corrected chi connectivity index (χ2v) is 4.93. The molecule has 0 aliphatic carbocycles. The van der Waals surface area contributed by atoms with Crippen LogP contribution in [0.1, 0.15) is 25.6 Å². The van der Waals surface area contributed by atoms with Crippen LogP contribution >= 0.6 is 11.6 Å². The van der Waals surface area contributed by atoms with Crippen LogP contribution in [0.2, 0.25) is 5.02 Å². The van der Waals surface area contributed by atoms with Crippen LogP contribution in [0.4, 0.5) is 10.2 Å². The first kappa shape index (κ1) is 13.9. The molecule has 0 bridgehead atoms. The molecule has 0 fully saturated rings. The van der Waals surface area contributed by atoms with Crippen LogP contribution < -0.4 is 5.73 Å². The summed E-state index contributed by atoms with van der Waals surface area (Å²) in [6, 6.07) is 4.25. The Morgan fingerprint density at radius 3 is 2.79 bits per heavy atom. The van der Waals surface area contributed by atoms with Gasteiger partial charge in [-0.25, -0.2) is 9.37 Å². The number of aromatic nitrogens is 2. The number of hydrogen-bond acceptors (Lipinski definition) is 2. The molecule has 0 aliphatic rings. The van der Waals surface area contributed by atoms with Crippen LogP contribution in [-0.4, -0.2) is 9.55 Å². The van der Waals surface area contributed by atoms with Gasteiger partial charge >= 0.3 is 0 Å². The van der Waals surface area contributed by atoms with E-state index in [-0.39, 0.29) is 5.82 Å². The number of aryl methyl sites for hydroxylation is 1. The lowest BCUT2D eigenvalue weighted by molar-refractivity contribution is 0.622. The molecule has 2 rings (SSSR count). The highest BCUT2D eigenvalue weighted by Crippen LogP contribution is 2.32. The van der Waals surface area contributed by atoms with E-state index < -0.39 is 0 Å². The first-order chi connectivity index (χ1) is 9.04. The minimum Gasteiger partial charge on any atom is -0.383 e. The van der Waals surface area contributed by atoms with E-state index in [0.29, 0.717) is 22.1 Å². The molecular weight excluding hydrogens is 265 g/mol. The Morgan fingerprint density at radius 2 is 2.16 bits per heavy atom. The van der Waals surface area contributed by atoms with Gasteiger partial charge in [0.05, 0.1) is 5.02 Å². The van der Waals surface area contributed by atoms with Crippen LogP contribution in [-0.2, 0) is 6.54 Å². The van der Waals surface area contributed by atoms with Crippen molar-refractivity contribution in [1.29, 1.82) is 0 Å². The van der Waals surface area contributed by atoms with E-state index in [1.807, 2.05) is 11.5 Å². The summed E-state index contributed by atoms with van der Waals surface area (Å²) in [7, 11) is 0. The number of nitrogens with zero attached hydrogens (tertiary/aromatic N) is 2. The predicted octanol–water partition coefficient (Wildman–Crippen LogP) is 4.03. The first-order valence-corrected chi connectivity index (χ1v) is 6.70. The SMILES string of the molecule is CCCCn1c(C)nc(-c2ccc(F)cc2Cl)c1N. The van der Waals surface area contributed by atoms with E-state index in [4.69, 9.17) is 17.3 Å². The van der Waals surface area contributed by atoms with Crippen molar-refractivity contribution in [2.24, 2.45) is 0 Å². The zero-order valence-corrected chi connectivity index (χ0v) is 11.8. The summed E-state index contributed by atoms with van der Waals surface area (Å²) in [6.45, 7) is 4.87. The molecule has 3 nitrogen and oxygen atoms in total. The average Bonchev–Trinajstić information content (AvgIpc) is 2.63.